The SMILES string of the molecule is [C-]#[N+]C1CC(OC2CCC(C3CCC(OCCCCCCCCCC)CC3)CC2)CCC1OC(C)CCCCCC. The topological polar surface area (TPSA) is 32.0 Å². The lowest BCUT2D eigenvalue weighted by Crippen LogP contribution is -2.40. The molecular weight excluding hydrogens is 506 g/mol. The summed E-state index contributed by atoms with van der Waals surface area (Å²) in [6, 6.07) is -0.0314. The molecule has 3 fully saturated rings. The van der Waals surface area contributed by atoms with E-state index in [0.717, 1.165) is 44.1 Å². The average molecular weight is 574 g/mol. The molecule has 0 bridgehead atoms. The zero-order chi connectivity index (χ0) is 29.1. The molecule has 0 amide bonds. The van der Waals surface area contributed by atoms with Crippen LogP contribution in [0, 0.1) is 18.4 Å². The second-order valence-electron chi connectivity index (χ2n) is 14.0. The smallest absolute Gasteiger partial charge is 0.251 e. The fourth-order valence-electron chi connectivity index (χ4n) is 7.91. The van der Waals surface area contributed by atoms with E-state index in [1.807, 2.05) is 0 Å². The first-order valence-corrected chi connectivity index (χ1v) is 18.4. The third kappa shape index (κ3) is 13.7. The molecule has 238 valence electrons. The molecule has 0 aromatic rings. The lowest BCUT2D eigenvalue weighted by atomic mass is 9.72. The average Bonchev–Trinajstić information content (AvgIpc) is 3.00. The van der Waals surface area contributed by atoms with Crippen LogP contribution < -0.4 is 0 Å². The van der Waals surface area contributed by atoms with Gasteiger partial charge in [-0.25, -0.2) is 6.57 Å². The van der Waals surface area contributed by atoms with Gasteiger partial charge in [-0.3, -0.25) is 0 Å². The summed E-state index contributed by atoms with van der Waals surface area (Å²) in [7, 11) is 0. The van der Waals surface area contributed by atoms with Gasteiger partial charge in [0.2, 0.25) is 0 Å². The minimum atomic E-state index is -0.0314. The second kappa shape index (κ2) is 21.1. The van der Waals surface area contributed by atoms with Gasteiger partial charge >= 0.3 is 0 Å². The van der Waals surface area contributed by atoms with Crippen LogP contribution >= 0.6 is 0 Å². The van der Waals surface area contributed by atoms with Crippen molar-refractivity contribution in [2.45, 2.75) is 211 Å². The van der Waals surface area contributed by atoms with Crippen LogP contribution in [-0.2, 0) is 14.2 Å². The Bertz CT molecular complexity index is 676. The van der Waals surface area contributed by atoms with E-state index in [4.69, 9.17) is 20.8 Å². The predicted molar refractivity (Wildman–Crippen MR) is 172 cm³/mol. The van der Waals surface area contributed by atoms with Gasteiger partial charge in [-0.1, -0.05) is 84.5 Å². The van der Waals surface area contributed by atoms with Crippen LogP contribution in [-0.4, -0.2) is 43.2 Å². The van der Waals surface area contributed by atoms with E-state index in [-0.39, 0.29) is 24.4 Å². The fourth-order valence-corrected chi connectivity index (χ4v) is 7.91. The highest BCUT2D eigenvalue weighted by molar-refractivity contribution is 4.95. The highest BCUT2D eigenvalue weighted by atomic mass is 16.5. The molecule has 0 aromatic carbocycles. The molecule has 0 aromatic heterocycles. The Hall–Kier alpha value is -0.630. The van der Waals surface area contributed by atoms with Crippen LogP contribution in [0.25, 0.3) is 4.85 Å². The van der Waals surface area contributed by atoms with Crippen LogP contribution in [0.1, 0.15) is 175 Å². The lowest BCUT2D eigenvalue weighted by molar-refractivity contribution is -0.0924. The van der Waals surface area contributed by atoms with Crippen LogP contribution in [0.15, 0.2) is 0 Å². The largest absolute Gasteiger partial charge is 0.378 e. The maximum Gasteiger partial charge on any atom is 0.251 e. The van der Waals surface area contributed by atoms with E-state index in [2.05, 4.69) is 25.6 Å². The Morgan fingerprint density at radius 2 is 1.17 bits per heavy atom. The van der Waals surface area contributed by atoms with E-state index in [9.17, 15) is 0 Å². The molecule has 4 atom stereocenters. The monoisotopic (exact) mass is 574 g/mol. The number of ether oxygens (including phenoxy) is 3. The number of rotatable bonds is 20. The van der Waals surface area contributed by atoms with E-state index >= 15 is 0 Å². The van der Waals surface area contributed by atoms with Crippen molar-refractivity contribution in [1.82, 2.24) is 0 Å². The van der Waals surface area contributed by atoms with Crippen LogP contribution in [0.5, 0.6) is 0 Å². The van der Waals surface area contributed by atoms with Gasteiger partial charge in [-0.05, 0) is 95.8 Å². The number of hydrogen-bond acceptors (Lipinski definition) is 3. The molecule has 3 aliphatic carbocycles. The predicted octanol–water partition coefficient (Wildman–Crippen LogP) is 10.9. The molecular formula is C37H67NO3. The molecule has 3 saturated carbocycles. The quantitative estimate of drug-likeness (QED) is 0.107. The van der Waals surface area contributed by atoms with Gasteiger partial charge in [0.15, 0.2) is 0 Å². The summed E-state index contributed by atoms with van der Waals surface area (Å²) < 4.78 is 19.3. The standard InChI is InChI=1S/C37H67NO3/c1-5-7-9-11-12-13-14-16-28-39-33-22-18-31(19-23-33)32-20-24-34(25-21-32)41-35-26-27-37(36(29-35)38-4)40-30(3)17-15-10-8-6-2/h30-37H,5-29H2,1-3H3. The Labute approximate surface area is 255 Å². The summed E-state index contributed by atoms with van der Waals surface area (Å²) in [6.07, 6.45) is 32.1. The molecule has 0 radical (unpaired) electrons. The van der Waals surface area contributed by atoms with Crippen molar-refractivity contribution in [2.24, 2.45) is 11.8 Å². The van der Waals surface area contributed by atoms with Crippen LogP contribution in [0.4, 0.5) is 0 Å². The number of hydrogen-bond donors (Lipinski definition) is 0. The first-order valence-electron chi connectivity index (χ1n) is 18.4. The van der Waals surface area contributed by atoms with Crippen molar-refractivity contribution in [1.29, 1.82) is 0 Å². The molecule has 0 aliphatic heterocycles. The van der Waals surface area contributed by atoms with Crippen molar-refractivity contribution >= 4 is 0 Å². The van der Waals surface area contributed by atoms with Gasteiger partial charge in [0.25, 0.3) is 6.04 Å². The minimum Gasteiger partial charge on any atom is -0.378 e. The summed E-state index contributed by atoms with van der Waals surface area (Å²) >= 11 is 0. The van der Waals surface area contributed by atoms with Crippen molar-refractivity contribution < 1.29 is 14.2 Å². The third-order valence-corrected chi connectivity index (χ3v) is 10.6. The molecule has 3 aliphatic rings. The van der Waals surface area contributed by atoms with Crippen molar-refractivity contribution in [3.8, 4) is 0 Å². The summed E-state index contributed by atoms with van der Waals surface area (Å²) in [5, 5.41) is 0. The van der Waals surface area contributed by atoms with E-state index < -0.39 is 0 Å². The third-order valence-electron chi connectivity index (χ3n) is 10.6. The first-order chi connectivity index (χ1) is 20.1. The molecule has 0 spiro atoms. The molecule has 0 N–H and O–H groups in total. The van der Waals surface area contributed by atoms with Crippen LogP contribution in [0.3, 0.4) is 0 Å². The molecule has 0 saturated heterocycles. The highest BCUT2D eigenvalue weighted by Gasteiger charge is 2.39. The normalized spacial score (nSPS) is 31.5. The second-order valence-corrected chi connectivity index (χ2v) is 14.0. The van der Waals surface area contributed by atoms with Crippen LogP contribution in [0.2, 0.25) is 0 Å². The Morgan fingerprint density at radius 1 is 0.634 bits per heavy atom. The molecule has 3 rings (SSSR count). The first kappa shape index (κ1) is 34.9. The fraction of sp³-hybridized carbons (Fsp3) is 0.973. The van der Waals surface area contributed by atoms with E-state index in [1.165, 1.54) is 128 Å². The lowest BCUT2D eigenvalue weighted by Gasteiger charge is -2.39. The van der Waals surface area contributed by atoms with Gasteiger partial charge in [-0.2, -0.15) is 0 Å². The molecule has 4 heteroatoms. The zero-order valence-electron chi connectivity index (χ0n) is 27.5. The van der Waals surface area contributed by atoms with Gasteiger partial charge in [0.1, 0.15) is 6.10 Å². The van der Waals surface area contributed by atoms with Crippen molar-refractivity contribution in [3.63, 3.8) is 0 Å². The minimum absolute atomic E-state index is 0.0314. The van der Waals surface area contributed by atoms with Gasteiger partial charge in [-0.15, -0.1) is 0 Å². The maximum absolute atomic E-state index is 7.80. The number of nitrogens with zero attached hydrogens (tertiary/aromatic N) is 1. The van der Waals surface area contributed by atoms with Gasteiger partial charge in [0.05, 0.1) is 30.8 Å². The number of unbranched alkanes of at least 4 members (excludes halogenated alkanes) is 10. The Balaban J connectivity index is 1.23. The van der Waals surface area contributed by atoms with Crippen molar-refractivity contribution in [3.05, 3.63) is 11.4 Å². The molecule has 4 unspecified atom stereocenters. The zero-order valence-corrected chi connectivity index (χ0v) is 27.5. The summed E-state index contributed by atoms with van der Waals surface area (Å²) in [4.78, 5) is 3.99. The van der Waals surface area contributed by atoms with Gasteiger partial charge in [0, 0.05) is 6.61 Å². The van der Waals surface area contributed by atoms with Crippen molar-refractivity contribution in [2.75, 3.05) is 6.61 Å². The van der Waals surface area contributed by atoms with E-state index in [0.29, 0.717) is 12.2 Å². The summed E-state index contributed by atoms with van der Waals surface area (Å²) in [5.74, 6) is 1.80. The highest BCUT2D eigenvalue weighted by Crippen LogP contribution is 2.40. The van der Waals surface area contributed by atoms with E-state index in [1.54, 1.807) is 0 Å². The maximum atomic E-state index is 7.80. The molecule has 41 heavy (non-hydrogen) atoms. The summed E-state index contributed by atoms with van der Waals surface area (Å²) in [6.45, 7) is 15.5. The summed E-state index contributed by atoms with van der Waals surface area (Å²) in [5.41, 5.74) is 0. The Morgan fingerprint density at radius 3 is 1.78 bits per heavy atom. The molecule has 4 nitrogen and oxygen atoms in total. The Kier molecular flexibility index (Phi) is 18.0. The van der Waals surface area contributed by atoms with Gasteiger partial charge < -0.3 is 19.1 Å². The molecule has 0 heterocycles.